The van der Waals surface area contributed by atoms with Gasteiger partial charge in [-0.2, -0.15) is 5.26 Å². The van der Waals surface area contributed by atoms with Crippen molar-refractivity contribution >= 4 is 17.2 Å². The molecule has 3 heteroatoms. The van der Waals surface area contributed by atoms with E-state index >= 15 is 0 Å². The summed E-state index contributed by atoms with van der Waals surface area (Å²) in [6.45, 7) is 10.2. The number of benzene rings is 6. The van der Waals surface area contributed by atoms with Crippen LogP contribution in [-0.4, -0.2) is 11.5 Å². The number of aliphatic imine (C=N–C) groups is 2. The molecule has 0 atom stereocenters. The minimum atomic E-state index is 0.484. The van der Waals surface area contributed by atoms with Gasteiger partial charge >= 0.3 is 0 Å². The Morgan fingerprint density at radius 3 is 1.55 bits per heavy atom. The van der Waals surface area contributed by atoms with Crippen molar-refractivity contribution in [2.45, 2.75) is 20.8 Å². The highest BCUT2D eigenvalue weighted by atomic mass is 14.9. The van der Waals surface area contributed by atoms with E-state index in [0.717, 1.165) is 39.1 Å². The summed E-state index contributed by atoms with van der Waals surface area (Å²) in [5.41, 5.74) is 11.2. The summed E-state index contributed by atoms with van der Waals surface area (Å²) in [4.78, 5) is 9.91. The summed E-state index contributed by atoms with van der Waals surface area (Å²) >= 11 is 0. The molecule has 47 heavy (non-hydrogen) atoms. The Kier molecular flexibility index (Phi) is 10.8. The van der Waals surface area contributed by atoms with E-state index in [-0.39, 0.29) is 0 Å². The molecule has 0 saturated carbocycles. The second kappa shape index (κ2) is 15.8. The Balaban J connectivity index is 0.00000213. The van der Waals surface area contributed by atoms with Crippen molar-refractivity contribution in [3.63, 3.8) is 0 Å². The molecule has 0 unspecified atom stereocenters. The van der Waals surface area contributed by atoms with Gasteiger partial charge in [0.2, 0.25) is 0 Å². The van der Waals surface area contributed by atoms with Crippen LogP contribution in [0.15, 0.2) is 174 Å². The highest BCUT2D eigenvalue weighted by Crippen LogP contribution is 2.30. The lowest BCUT2D eigenvalue weighted by atomic mass is 9.95. The van der Waals surface area contributed by atoms with Gasteiger partial charge in [-0.05, 0) is 70.1 Å². The van der Waals surface area contributed by atoms with Crippen molar-refractivity contribution in [3.05, 3.63) is 187 Å². The van der Waals surface area contributed by atoms with Crippen LogP contribution < -0.4 is 0 Å². The topological polar surface area (TPSA) is 48.5 Å². The minimum Gasteiger partial charge on any atom is -0.233 e. The molecule has 6 aromatic carbocycles. The van der Waals surface area contributed by atoms with E-state index in [1.54, 1.807) is 6.07 Å². The first-order chi connectivity index (χ1) is 23.1. The number of hydrogen-bond acceptors (Lipinski definition) is 2. The fraction of sp³-hybridized carbons (Fsp3) is 0.0682. The maximum atomic E-state index is 9.69. The summed E-state index contributed by atoms with van der Waals surface area (Å²) in [7, 11) is 0. The van der Waals surface area contributed by atoms with E-state index in [1.165, 1.54) is 11.1 Å². The molecule has 0 amide bonds. The van der Waals surface area contributed by atoms with Crippen LogP contribution in [0, 0.1) is 11.3 Å². The van der Waals surface area contributed by atoms with Gasteiger partial charge in [-0.25, -0.2) is 9.98 Å². The van der Waals surface area contributed by atoms with Crippen LogP contribution in [0.2, 0.25) is 0 Å². The van der Waals surface area contributed by atoms with Gasteiger partial charge in [0.25, 0.3) is 0 Å². The van der Waals surface area contributed by atoms with Crippen LogP contribution in [-0.2, 0) is 0 Å². The molecule has 6 aromatic rings. The molecular formula is C44H37N3. The molecule has 0 heterocycles. The standard InChI is InChI=1S/C42H31N3.C2H6/c1-30(32-14-5-3-6-15-32)44-42(45-31(2)41-25-10-9-18-40(41)29-43)39-24-13-23-38(28-39)37-22-12-21-36(27-37)35-20-11-19-34(26-35)33-16-7-4-8-17-33;1-2/h3-28H,2H2,1H3;1-2H3. The minimum absolute atomic E-state index is 0.484. The molecule has 0 saturated heterocycles. The fourth-order valence-electron chi connectivity index (χ4n) is 5.30. The molecule has 0 bridgehead atoms. The SMILES string of the molecule is C=C(N=C(N=C(C)c1ccccc1)c1cccc(-c2cccc(-c3cccc(-c4ccccc4)c3)c2)c1)c1ccccc1C#N.CC. The zero-order valence-corrected chi connectivity index (χ0v) is 27.1. The van der Waals surface area contributed by atoms with E-state index in [0.29, 0.717) is 22.7 Å². The van der Waals surface area contributed by atoms with E-state index in [1.807, 2.05) is 87.5 Å². The molecular weight excluding hydrogens is 571 g/mol. The normalized spacial score (nSPS) is 11.2. The Bertz CT molecular complexity index is 2080. The molecule has 0 N–H and O–H groups in total. The molecule has 228 valence electrons. The monoisotopic (exact) mass is 607 g/mol. The van der Waals surface area contributed by atoms with Crippen LogP contribution in [0.5, 0.6) is 0 Å². The fourth-order valence-corrected chi connectivity index (χ4v) is 5.30. The van der Waals surface area contributed by atoms with Gasteiger partial charge in [0, 0.05) is 16.8 Å². The third-order valence-electron chi connectivity index (χ3n) is 7.68. The average molecular weight is 608 g/mol. The Morgan fingerprint density at radius 1 is 0.511 bits per heavy atom. The zero-order valence-electron chi connectivity index (χ0n) is 27.1. The third-order valence-corrected chi connectivity index (χ3v) is 7.68. The van der Waals surface area contributed by atoms with Crippen LogP contribution in [0.1, 0.15) is 43.0 Å². The number of amidine groups is 1. The molecule has 6 rings (SSSR count). The van der Waals surface area contributed by atoms with E-state index in [9.17, 15) is 5.26 Å². The summed E-state index contributed by atoms with van der Waals surface area (Å²) < 4.78 is 0. The summed E-state index contributed by atoms with van der Waals surface area (Å²) in [5, 5.41) is 9.69. The Labute approximate surface area is 278 Å². The molecule has 0 aliphatic carbocycles. The summed E-state index contributed by atoms with van der Waals surface area (Å²) in [6.07, 6.45) is 0. The predicted octanol–water partition coefficient (Wildman–Crippen LogP) is 11.5. The van der Waals surface area contributed by atoms with Gasteiger partial charge in [-0.15, -0.1) is 0 Å². The quantitative estimate of drug-likeness (QED) is 0.132. The highest BCUT2D eigenvalue weighted by molar-refractivity contribution is 6.13. The van der Waals surface area contributed by atoms with Crippen molar-refractivity contribution in [3.8, 4) is 39.4 Å². The smallest absolute Gasteiger partial charge is 0.160 e. The van der Waals surface area contributed by atoms with Crippen LogP contribution in [0.3, 0.4) is 0 Å². The first-order valence-corrected chi connectivity index (χ1v) is 15.8. The van der Waals surface area contributed by atoms with Gasteiger partial charge in [-0.3, -0.25) is 0 Å². The highest BCUT2D eigenvalue weighted by Gasteiger charge is 2.11. The number of hydrogen-bond donors (Lipinski definition) is 0. The first-order valence-electron chi connectivity index (χ1n) is 15.8. The predicted molar refractivity (Wildman–Crippen MR) is 199 cm³/mol. The second-order valence-electron chi connectivity index (χ2n) is 10.7. The van der Waals surface area contributed by atoms with Crippen molar-refractivity contribution in [1.29, 1.82) is 5.26 Å². The molecule has 0 radical (unpaired) electrons. The lowest BCUT2D eigenvalue weighted by Gasteiger charge is -2.11. The lowest BCUT2D eigenvalue weighted by Crippen LogP contribution is -2.04. The Morgan fingerprint density at radius 2 is 0.957 bits per heavy atom. The molecule has 0 aliphatic heterocycles. The van der Waals surface area contributed by atoms with Gasteiger partial charge in [0.1, 0.15) is 0 Å². The first kappa shape index (κ1) is 32.3. The van der Waals surface area contributed by atoms with E-state index in [4.69, 9.17) is 9.98 Å². The molecule has 3 nitrogen and oxygen atoms in total. The van der Waals surface area contributed by atoms with Crippen molar-refractivity contribution in [2.24, 2.45) is 9.98 Å². The van der Waals surface area contributed by atoms with E-state index in [2.05, 4.69) is 97.6 Å². The van der Waals surface area contributed by atoms with Gasteiger partial charge in [0.05, 0.1) is 17.3 Å². The van der Waals surface area contributed by atoms with Crippen LogP contribution >= 0.6 is 0 Å². The van der Waals surface area contributed by atoms with E-state index < -0.39 is 0 Å². The molecule has 0 spiro atoms. The van der Waals surface area contributed by atoms with Gasteiger partial charge < -0.3 is 0 Å². The average Bonchev–Trinajstić information content (AvgIpc) is 3.16. The summed E-state index contributed by atoms with van der Waals surface area (Å²) in [6, 6.07) is 55.6. The van der Waals surface area contributed by atoms with Crippen LogP contribution in [0.25, 0.3) is 39.1 Å². The van der Waals surface area contributed by atoms with Crippen LogP contribution in [0.4, 0.5) is 0 Å². The maximum Gasteiger partial charge on any atom is 0.160 e. The zero-order chi connectivity index (χ0) is 33.0. The van der Waals surface area contributed by atoms with Crippen molar-refractivity contribution in [1.82, 2.24) is 0 Å². The molecule has 0 aromatic heterocycles. The Hall–Kier alpha value is -6.11. The molecule has 0 aliphatic rings. The van der Waals surface area contributed by atoms with Gasteiger partial charge in [-0.1, -0.05) is 154 Å². The lowest BCUT2D eigenvalue weighted by molar-refractivity contribution is 1.41. The third kappa shape index (κ3) is 7.95. The largest absolute Gasteiger partial charge is 0.233 e. The molecule has 0 fully saturated rings. The number of rotatable bonds is 7. The maximum absolute atomic E-state index is 9.69. The van der Waals surface area contributed by atoms with Crippen molar-refractivity contribution < 1.29 is 0 Å². The van der Waals surface area contributed by atoms with Crippen molar-refractivity contribution in [2.75, 3.05) is 0 Å². The number of nitrogens with zero attached hydrogens (tertiary/aromatic N) is 3. The number of nitriles is 1. The van der Waals surface area contributed by atoms with Gasteiger partial charge in [0.15, 0.2) is 5.84 Å². The summed E-state index contributed by atoms with van der Waals surface area (Å²) in [5.74, 6) is 0.530. The second-order valence-corrected chi connectivity index (χ2v) is 10.7.